The molecule has 31 heteroatoms. The third kappa shape index (κ3) is 21.3. The van der Waals surface area contributed by atoms with Gasteiger partial charge in [-0.15, -0.1) is 22.7 Å². The van der Waals surface area contributed by atoms with E-state index in [1.807, 2.05) is 71.3 Å². The van der Waals surface area contributed by atoms with Crippen LogP contribution in [0.4, 0.5) is 22.4 Å². The van der Waals surface area contributed by atoms with E-state index in [1.54, 1.807) is 77.6 Å². The van der Waals surface area contributed by atoms with Gasteiger partial charge in [-0.25, -0.2) is 56.5 Å². The molecule has 103 heavy (non-hydrogen) atoms. The minimum atomic E-state index is -1.91. The number of ether oxygens (including phenoxy) is 7. The molecule has 0 N–H and O–H groups in total. The number of hydrogen-bond acceptors (Lipinski definition) is 23. The molecule has 0 unspecified atom stereocenters. The molecule has 4 aromatic heterocycles. The number of esters is 1. The van der Waals surface area contributed by atoms with Crippen molar-refractivity contribution in [3.63, 3.8) is 0 Å². The van der Waals surface area contributed by atoms with Crippen LogP contribution in [0, 0.1) is 45.9 Å². The fourth-order valence-electron chi connectivity index (χ4n) is 11.3. The maximum absolute atomic E-state index is 15.7. The maximum Gasteiger partial charge on any atom is 1.00 e. The fourth-order valence-corrected chi connectivity index (χ4v) is 13.4. The normalized spacial score (nSPS) is 14.8. The summed E-state index contributed by atoms with van der Waals surface area (Å²) in [4.78, 5) is 58.8. The molecule has 0 bridgehead atoms. The average molecular weight is 1580 g/mol. The molecular formula is C72H66F4IKN12O11S2. The Hall–Kier alpha value is -8.10. The van der Waals surface area contributed by atoms with Crippen LogP contribution in [0.3, 0.4) is 0 Å². The molecule has 0 amide bonds. The summed E-state index contributed by atoms with van der Waals surface area (Å²) in [5, 5.41) is 41.9. The number of aromatic carboxylic acids is 1. The molecule has 10 aromatic rings. The van der Waals surface area contributed by atoms with Crippen molar-refractivity contribution in [2.75, 3.05) is 70.8 Å². The number of benzene rings is 6. The maximum atomic E-state index is 15.7. The summed E-state index contributed by atoms with van der Waals surface area (Å²) < 4.78 is 101. The van der Waals surface area contributed by atoms with E-state index < -0.39 is 71.2 Å². The molecular weight excluding hydrogens is 1510 g/mol. The van der Waals surface area contributed by atoms with Crippen LogP contribution in [0.1, 0.15) is 89.8 Å². The van der Waals surface area contributed by atoms with Crippen molar-refractivity contribution in [2.45, 2.75) is 63.1 Å². The number of aromatic nitrogens is 8. The third-order valence-corrected chi connectivity index (χ3v) is 19.3. The number of carboxylic acid groups (broad SMARTS) is 1. The Morgan fingerprint density at radius 1 is 0.612 bits per heavy atom. The Labute approximate surface area is 654 Å². The van der Waals surface area contributed by atoms with Crippen molar-refractivity contribution in [1.29, 1.82) is 10.5 Å². The Morgan fingerprint density at radius 3 is 1.49 bits per heavy atom. The molecule has 0 aliphatic carbocycles. The Morgan fingerprint density at radius 2 is 1.06 bits per heavy atom. The van der Waals surface area contributed by atoms with Crippen LogP contribution < -0.4 is 56.5 Å². The van der Waals surface area contributed by atoms with Crippen LogP contribution in [0.5, 0.6) is 0 Å². The van der Waals surface area contributed by atoms with Crippen molar-refractivity contribution >= 4 is 63.4 Å². The van der Waals surface area contributed by atoms with Crippen LogP contribution in [0.25, 0.3) is 22.5 Å². The molecule has 23 nitrogen and oxygen atoms in total. The predicted molar refractivity (Wildman–Crippen MR) is 371 cm³/mol. The van der Waals surface area contributed by atoms with Crippen molar-refractivity contribution < 1.29 is 122 Å². The van der Waals surface area contributed by atoms with Crippen molar-refractivity contribution in [3.05, 3.63) is 247 Å². The number of alkyl halides is 1. The summed E-state index contributed by atoms with van der Waals surface area (Å²) in [5.74, 6) is -6.46. The zero-order chi connectivity index (χ0) is 72.0. The van der Waals surface area contributed by atoms with Crippen molar-refractivity contribution in [2.24, 2.45) is 0 Å². The molecule has 2 aliphatic rings. The predicted octanol–water partition coefficient (Wildman–Crippen LogP) is 8.57. The number of halogens is 5. The number of nitriles is 2. The summed E-state index contributed by atoms with van der Waals surface area (Å²) in [6.07, 6.45) is 4.22. The standard InChI is InChI=1S/C36H32F2N6O6S.C24H20F2IN5O2S.C12H15NO3.K/c1-24(33-42-32(19-51-33)27-6-2-25(17-39)3-7-27)36(20-44-22-40-21-41-44,30-11-10-29(37)16-31(30)38)50-35(46)49-23-48-34(45)28-8-4-26(5-9-28)18-43-12-14-47-15-13-43;1-16(23-31-22(10-35-23)18-4-2-17(9-28)3-5-18)24(34-15-33-12-27,11-32-14-29-13-30-32)20-7-6-19(25)8-21(20)26;14-12(15)11-3-1-10(2-4-11)9-13-5-7-16-8-6-13;/h2-11,16,19,21-22,24H,12-15,18,20,23H2,1H3;2-8,10,13-14,16H,11-12,15H2,1H3;1-4H,5-9H2,(H,14,15);/q;;;+1/p-1/t24-,36+;16-,24+;;/m00../s1. The Kier molecular flexibility index (Phi) is 29.6. The SMILES string of the molecule is C[C@@H](c1nc(-c2ccc(C#N)cc2)cs1)[C@@](Cn1cncn1)(OC(=O)OCOC(=O)c1ccc(CN2CCOCC2)cc1)c1ccc(F)cc1F.C[C@@H](c1nc(-c2ccc(C#N)cc2)cs1)[C@@](Cn1cncn1)(OCOCI)c1ccc(F)cc1F.O=C([O-])c1ccc(CN2CCOCC2)cc1.[K+]. The minimum Gasteiger partial charge on any atom is -0.545 e. The summed E-state index contributed by atoms with van der Waals surface area (Å²) >= 11 is 4.69. The van der Waals surface area contributed by atoms with E-state index in [4.69, 9.17) is 48.4 Å². The van der Waals surface area contributed by atoms with Gasteiger partial charge >= 0.3 is 63.5 Å². The van der Waals surface area contributed by atoms with Gasteiger partial charge < -0.3 is 43.1 Å². The quantitative estimate of drug-likeness (QED) is 0.00984. The molecule has 6 aromatic carbocycles. The van der Waals surface area contributed by atoms with Gasteiger partial charge in [0.2, 0.25) is 6.79 Å². The third-order valence-electron chi connectivity index (χ3n) is 16.8. The van der Waals surface area contributed by atoms with Crippen molar-refractivity contribution in [1.82, 2.24) is 49.3 Å². The first kappa shape index (κ1) is 79.0. The molecule has 6 heterocycles. The number of rotatable bonds is 25. The molecule has 2 fully saturated rings. The van der Waals surface area contributed by atoms with Crippen LogP contribution in [0.2, 0.25) is 0 Å². The van der Waals surface area contributed by atoms with Gasteiger partial charge in [-0.3, -0.25) is 9.80 Å². The van der Waals surface area contributed by atoms with E-state index in [9.17, 15) is 33.5 Å². The smallest absolute Gasteiger partial charge is 0.545 e. The Bertz CT molecular complexity index is 4470. The van der Waals surface area contributed by atoms with Crippen LogP contribution >= 0.6 is 45.3 Å². The number of carbonyl (C=O) groups is 3. The molecule has 528 valence electrons. The monoisotopic (exact) mass is 1580 g/mol. The van der Waals surface area contributed by atoms with Gasteiger partial charge in [-0.2, -0.15) is 20.7 Å². The second-order valence-electron chi connectivity index (χ2n) is 23.3. The zero-order valence-electron chi connectivity index (χ0n) is 56.0. The van der Waals surface area contributed by atoms with Gasteiger partial charge in [-0.05, 0) is 71.3 Å². The molecule has 4 atom stereocenters. The second-order valence-corrected chi connectivity index (χ2v) is 25.7. The van der Waals surface area contributed by atoms with Crippen LogP contribution in [0.15, 0.2) is 170 Å². The number of carboxylic acids is 1. The summed E-state index contributed by atoms with van der Waals surface area (Å²) in [6, 6.07) is 38.2. The molecule has 0 saturated carbocycles. The first-order valence-corrected chi connectivity index (χ1v) is 35.0. The van der Waals surface area contributed by atoms with Gasteiger partial charge in [0.05, 0.1) is 96.6 Å². The average Bonchev–Trinajstić information content (AvgIpc) is 1.72. The van der Waals surface area contributed by atoms with Gasteiger partial charge in [0, 0.05) is 90.3 Å². The second kappa shape index (κ2) is 38.6. The first-order valence-electron chi connectivity index (χ1n) is 31.7. The van der Waals surface area contributed by atoms with E-state index in [-0.39, 0.29) is 93.5 Å². The molecule has 0 radical (unpaired) electrons. The minimum absolute atomic E-state index is 0. The number of morpholine rings is 2. The Balaban J connectivity index is 0.000000203. The molecule has 2 aliphatic heterocycles. The van der Waals surface area contributed by atoms with Crippen LogP contribution in [-0.2, 0) is 70.5 Å². The van der Waals surface area contributed by atoms with E-state index in [2.05, 4.69) is 42.1 Å². The topological polar surface area (TPSA) is 280 Å². The van der Waals surface area contributed by atoms with Gasteiger partial charge in [0.15, 0.2) is 5.60 Å². The fraction of sp³-hybridized carbons (Fsp3) is 0.292. The van der Waals surface area contributed by atoms with E-state index in [0.717, 1.165) is 92.6 Å². The van der Waals surface area contributed by atoms with E-state index in [0.29, 0.717) is 50.7 Å². The van der Waals surface area contributed by atoms with Gasteiger partial charge in [-0.1, -0.05) is 103 Å². The van der Waals surface area contributed by atoms with Crippen molar-refractivity contribution in [3.8, 4) is 34.7 Å². The summed E-state index contributed by atoms with van der Waals surface area (Å²) in [6.45, 7) is 10.4. The largest absolute Gasteiger partial charge is 1.00 e. The van der Waals surface area contributed by atoms with Crippen LogP contribution in [-0.4, -0.2) is 138 Å². The van der Waals surface area contributed by atoms with E-state index >= 15 is 8.78 Å². The first-order chi connectivity index (χ1) is 49.5. The number of carbonyl (C=O) groups excluding carboxylic acids is 3. The molecule has 12 rings (SSSR count). The molecule has 0 spiro atoms. The number of thiazole rings is 2. The number of hydrogen-bond donors (Lipinski definition) is 0. The van der Waals surface area contributed by atoms with E-state index in [1.165, 1.54) is 70.9 Å². The van der Waals surface area contributed by atoms with Gasteiger partial charge in [0.25, 0.3) is 0 Å². The molecule has 2 saturated heterocycles. The zero-order valence-corrected chi connectivity index (χ0v) is 62.9. The number of nitrogens with zero attached hydrogens (tertiary/aromatic N) is 12. The summed E-state index contributed by atoms with van der Waals surface area (Å²) in [5.41, 5.74) is 3.26. The van der Waals surface area contributed by atoms with Gasteiger partial charge in [0.1, 0.15) is 70.6 Å². The summed E-state index contributed by atoms with van der Waals surface area (Å²) in [7, 11) is 0.